The fraction of sp³-hybridized carbons (Fsp3) is 1.00. The Balaban J connectivity index is 0.949. The molecule has 34 atom stereocenters. The molecule has 7 fully saturated rings. The van der Waals surface area contributed by atoms with Gasteiger partial charge in [0.2, 0.25) is 0 Å². The molecule has 0 radical (unpaired) electrons. The third kappa shape index (κ3) is 13.4. The van der Waals surface area contributed by atoms with Gasteiger partial charge in [0, 0.05) is 6.42 Å². The van der Waals surface area contributed by atoms with E-state index in [1.54, 1.807) is 13.8 Å². The van der Waals surface area contributed by atoms with Crippen molar-refractivity contribution in [1.82, 2.24) is 0 Å². The van der Waals surface area contributed by atoms with Gasteiger partial charge >= 0.3 is 0 Å². The maximum atomic E-state index is 11.6. The molecule has 6 unspecified atom stereocenters. The zero-order valence-corrected chi connectivity index (χ0v) is 41.5. The molecular formula is C44H76O33. The zero-order valence-electron chi connectivity index (χ0n) is 41.5. The van der Waals surface area contributed by atoms with Gasteiger partial charge in [-0.2, -0.15) is 0 Å². The van der Waals surface area contributed by atoms with Gasteiger partial charge in [-0.25, -0.2) is 0 Å². The fourth-order valence-corrected chi connectivity index (χ4v) is 10.3. The Morgan fingerprint density at radius 1 is 0.299 bits per heavy atom. The largest absolute Gasteiger partial charge is 0.394 e. The summed E-state index contributed by atoms with van der Waals surface area (Å²) in [5.74, 6) is 0. The van der Waals surface area contributed by atoms with Crippen LogP contribution in [0.1, 0.15) is 33.1 Å². The van der Waals surface area contributed by atoms with Gasteiger partial charge in [-0.15, -0.1) is 0 Å². The molecule has 0 aromatic heterocycles. The van der Waals surface area contributed by atoms with E-state index in [0.717, 1.165) is 0 Å². The molecule has 0 aromatic rings. The number of aliphatic hydroxyl groups excluding tert-OH is 20. The quantitative estimate of drug-likeness (QED) is 0.0571. The van der Waals surface area contributed by atoms with Gasteiger partial charge in [-0.3, -0.25) is 0 Å². The zero-order chi connectivity index (χ0) is 56.5. The predicted octanol–water partition coefficient (Wildman–Crippen LogP) is -12.4. The molecule has 7 heterocycles. The minimum Gasteiger partial charge on any atom is -0.394 e. The highest BCUT2D eigenvalue weighted by molar-refractivity contribution is 4.99. The van der Waals surface area contributed by atoms with Crippen LogP contribution in [0, 0.1) is 0 Å². The summed E-state index contributed by atoms with van der Waals surface area (Å²) in [6.45, 7) is -1.11. The van der Waals surface area contributed by atoms with E-state index in [1.807, 2.05) is 0 Å². The summed E-state index contributed by atoms with van der Waals surface area (Å²) < 4.78 is 73.4. The van der Waals surface area contributed by atoms with Crippen LogP contribution in [-0.2, 0) is 61.6 Å². The van der Waals surface area contributed by atoms with Crippen LogP contribution in [0.2, 0.25) is 0 Å². The molecule has 0 aromatic carbocycles. The van der Waals surface area contributed by atoms with Crippen molar-refractivity contribution in [3.63, 3.8) is 0 Å². The molecule has 7 aliphatic heterocycles. The summed E-state index contributed by atoms with van der Waals surface area (Å²) in [6, 6.07) is 0. The van der Waals surface area contributed by atoms with E-state index in [9.17, 15) is 102 Å². The van der Waals surface area contributed by atoms with Crippen molar-refractivity contribution in [1.29, 1.82) is 0 Å². The van der Waals surface area contributed by atoms with E-state index >= 15 is 0 Å². The predicted molar refractivity (Wildman–Crippen MR) is 237 cm³/mol. The Bertz CT molecular complexity index is 1770. The molecule has 7 rings (SSSR count). The maximum absolute atomic E-state index is 11.6. The topological polar surface area (TPSA) is 525 Å². The molecule has 0 saturated carbocycles. The van der Waals surface area contributed by atoms with E-state index in [-0.39, 0.29) is 12.8 Å². The number of rotatable bonds is 19. The Hall–Kier alpha value is -1.32. The highest BCUT2D eigenvalue weighted by Crippen LogP contribution is 2.37. The summed E-state index contributed by atoms with van der Waals surface area (Å²) in [4.78, 5) is 0. The number of hydrogen-bond acceptors (Lipinski definition) is 33. The standard InChI is InChI=1S/C44H76O33/c1-3-11-21(51)24(54)29(59)41(67-11)74-36-17(9-48)73-43(33(63)28(36)58)77-38-23(53)12(4-2)68-44(34(38)64)76-37-16(8-47)72-40(32(62)27(37)57)69-13-5-19(49)66-18(20(13)50)10-65-39-31(61)26(56)35(15(7-46)71-39)75-42-30(60)25(55)22(52)14(6-45)70-42/h11-64H,3-10H2,1-2H3/t11?,12-,13+,14-,15-,16-,17-,18+,19-,20-,21-,22-,23-,24+,25+,26-,27-,28-,29-,30-,31-,32-,33-,34-,35-,36?,37?,38?,39?,40+,41+,42?,43-,44-/m1/s1. The van der Waals surface area contributed by atoms with Crippen LogP contribution in [0.15, 0.2) is 0 Å². The normalized spacial score (nSPS) is 53.1. The van der Waals surface area contributed by atoms with Crippen LogP contribution in [0.3, 0.4) is 0 Å². The summed E-state index contributed by atoms with van der Waals surface area (Å²) in [5, 5.41) is 214. The number of hydrogen-bond donors (Lipinski definition) is 20. The van der Waals surface area contributed by atoms with Gasteiger partial charge in [0.05, 0.1) is 51.3 Å². The minimum absolute atomic E-state index is 0.0167. The first kappa shape index (κ1) is 63.3. The highest BCUT2D eigenvalue weighted by atomic mass is 16.8. The van der Waals surface area contributed by atoms with Crippen LogP contribution in [0.4, 0.5) is 0 Å². The summed E-state index contributed by atoms with van der Waals surface area (Å²) >= 11 is 0. The molecular weight excluding hydrogens is 1060 g/mol. The lowest BCUT2D eigenvalue weighted by atomic mass is 9.94. The summed E-state index contributed by atoms with van der Waals surface area (Å²) in [6.07, 6.45) is -59.4. The Labute approximate surface area is 438 Å². The average Bonchev–Trinajstić information content (AvgIpc) is 3.42. The lowest BCUT2D eigenvalue weighted by molar-refractivity contribution is -0.391. The SMILES string of the molecule is CCC1O[C@@H](OC2[C@@H](CO)O[C@H](OC3[C@@H](O)[C@@H](OC4[C@@H](CO)O[C@H](O[C@H]5C[C@H](O)O[C@@H](COC6O[C@H](CO)[C@@H](OC7O[C@H](CO)[C@@H](O)[C@H](O)[C@H]7O)[C@H](O)[C@H]6O)[C@@H]5O)[C@H](O)[C@H]4O)O[C@H](CC)[C@H]3O)[C@H](O)[C@H]2O)[C@H](O)[C@@H](O)[C@@H]1O. The van der Waals surface area contributed by atoms with Crippen molar-refractivity contribution in [3.8, 4) is 0 Å². The van der Waals surface area contributed by atoms with Crippen LogP contribution < -0.4 is 0 Å². The third-order valence-electron chi connectivity index (χ3n) is 14.9. The van der Waals surface area contributed by atoms with Crippen LogP contribution in [0.5, 0.6) is 0 Å². The van der Waals surface area contributed by atoms with Gasteiger partial charge < -0.3 is 164 Å². The van der Waals surface area contributed by atoms with Crippen LogP contribution in [-0.4, -0.2) is 344 Å². The van der Waals surface area contributed by atoms with Crippen molar-refractivity contribution in [3.05, 3.63) is 0 Å². The second kappa shape index (κ2) is 27.4. The molecule has 33 heteroatoms. The Morgan fingerprint density at radius 3 is 1.08 bits per heavy atom. The third-order valence-corrected chi connectivity index (χ3v) is 14.9. The van der Waals surface area contributed by atoms with Gasteiger partial charge in [0.25, 0.3) is 0 Å². The molecule has 7 saturated heterocycles. The molecule has 33 nitrogen and oxygen atoms in total. The van der Waals surface area contributed by atoms with E-state index in [4.69, 9.17) is 61.6 Å². The molecule has 77 heavy (non-hydrogen) atoms. The van der Waals surface area contributed by atoms with Crippen molar-refractivity contribution in [2.45, 2.75) is 242 Å². The maximum Gasteiger partial charge on any atom is 0.187 e. The van der Waals surface area contributed by atoms with Gasteiger partial charge in [0.15, 0.2) is 44.0 Å². The molecule has 20 N–H and O–H groups in total. The van der Waals surface area contributed by atoms with Crippen molar-refractivity contribution < 1.29 is 164 Å². The highest BCUT2D eigenvalue weighted by Gasteiger charge is 2.57. The average molecular weight is 1130 g/mol. The fourth-order valence-electron chi connectivity index (χ4n) is 10.3. The first-order chi connectivity index (χ1) is 36.5. The molecule has 0 bridgehead atoms. The molecule has 0 amide bonds. The molecule has 7 aliphatic rings. The van der Waals surface area contributed by atoms with E-state index < -0.39 is 248 Å². The lowest BCUT2D eigenvalue weighted by Gasteiger charge is -2.49. The van der Waals surface area contributed by atoms with Crippen LogP contribution in [0.25, 0.3) is 0 Å². The van der Waals surface area contributed by atoms with Gasteiger partial charge in [-0.1, -0.05) is 13.8 Å². The Kier molecular flexibility index (Phi) is 22.5. The van der Waals surface area contributed by atoms with E-state index in [0.29, 0.717) is 0 Å². The number of ether oxygens (including phenoxy) is 13. The van der Waals surface area contributed by atoms with Crippen LogP contribution >= 0.6 is 0 Å². The summed E-state index contributed by atoms with van der Waals surface area (Å²) in [5.41, 5.74) is 0. The lowest BCUT2D eigenvalue weighted by Crippen LogP contribution is -2.67. The Morgan fingerprint density at radius 2 is 0.636 bits per heavy atom. The van der Waals surface area contributed by atoms with Crippen molar-refractivity contribution >= 4 is 0 Å². The summed E-state index contributed by atoms with van der Waals surface area (Å²) in [7, 11) is 0. The molecule has 450 valence electrons. The van der Waals surface area contributed by atoms with Crippen molar-refractivity contribution in [2.75, 3.05) is 33.0 Å². The molecule has 0 spiro atoms. The van der Waals surface area contributed by atoms with Crippen molar-refractivity contribution in [2.24, 2.45) is 0 Å². The van der Waals surface area contributed by atoms with Gasteiger partial charge in [-0.05, 0) is 12.8 Å². The smallest absolute Gasteiger partial charge is 0.187 e. The second-order valence-corrected chi connectivity index (χ2v) is 19.9. The first-order valence-corrected chi connectivity index (χ1v) is 25.3. The number of aliphatic hydroxyl groups is 20. The minimum atomic E-state index is -2.08. The van der Waals surface area contributed by atoms with E-state index in [2.05, 4.69) is 0 Å². The first-order valence-electron chi connectivity index (χ1n) is 25.3. The molecule has 0 aliphatic carbocycles. The monoisotopic (exact) mass is 1130 g/mol. The van der Waals surface area contributed by atoms with E-state index in [1.165, 1.54) is 0 Å². The van der Waals surface area contributed by atoms with Gasteiger partial charge in [0.1, 0.15) is 146 Å². The second-order valence-electron chi connectivity index (χ2n) is 19.9.